The maximum atomic E-state index is 13.6. The molecule has 0 bridgehead atoms. The number of anilines is 1. The fourth-order valence-corrected chi connectivity index (χ4v) is 4.35. The van der Waals surface area contributed by atoms with Gasteiger partial charge in [0.25, 0.3) is 0 Å². The van der Waals surface area contributed by atoms with Gasteiger partial charge < -0.3 is 24.7 Å². The number of aromatic nitrogens is 4. The van der Waals surface area contributed by atoms with Gasteiger partial charge in [-0.15, -0.1) is 0 Å². The topological polar surface area (TPSA) is 150 Å². The molecule has 0 amide bonds. The zero-order chi connectivity index (χ0) is 23.9. The van der Waals surface area contributed by atoms with Crippen molar-refractivity contribution < 1.29 is 28.5 Å². The first kappa shape index (κ1) is 23.0. The standard InChI is InChI=1S/C21H29N5O7/c1-5-13(31-10(2)27)14-8-15(32-11(3)28)19(33-14)26-17-16(18(30-4)24-20(22)23-17)25(21(26)29)9-12-6-7-12/h12-15,19H,5-9H2,1-4H3,(H2,22,23,24)/t13?,14-,15+,19+/m0/s1. The Morgan fingerprint density at radius 3 is 2.55 bits per heavy atom. The summed E-state index contributed by atoms with van der Waals surface area (Å²) in [5.74, 6) is -0.475. The number of fused-ring (bicyclic) bond motifs is 1. The second kappa shape index (κ2) is 9.00. The van der Waals surface area contributed by atoms with Crippen molar-refractivity contribution in [2.45, 2.75) is 77.5 Å². The van der Waals surface area contributed by atoms with Crippen molar-refractivity contribution in [2.24, 2.45) is 5.92 Å². The number of ether oxygens (including phenoxy) is 4. The molecule has 2 aromatic rings. The average Bonchev–Trinajstić information content (AvgIpc) is 3.42. The van der Waals surface area contributed by atoms with Crippen molar-refractivity contribution in [3.63, 3.8) is 0 Å². The number of hydrogen-bond donors (Lipinski definition) is 1. The summed E-state index contributed by atoms with van der Waals surface area (Å²) in [4.78, 5) is 45.5. The van der Waals surface area contributed by atoms with E-state index in [9.17, 15) is 14.4 Å². The van der Waals surface area contributed by atoms with Crippen LogP contribution in [0.2, 0.25) is 0 Å². The highest BCUT2D eigenvalue weighted by Gasteiger charge is 2.45. The van der Waals surface area contributed by atoms with E-state index in [1.807, 2.05) is 6.92 Å². The monoisotopic (exact) mass is 463 g/mol. The van der Waals surface area contributed by atoms with Crippen LogP contribution in [-0.4, -0.2) is 56.5 Å². The normalized spacial score (nSPS) is 23.5. The van der Waals surface area contributed by atoms with Gasteiger partial charge in [0.05, 0.1) is 7.11 Å². The van der Waals surface area contributed by atoms with E-state index in [4.69, 9.17) is 24.7 Å². The van der Waals surface area contributed by atoms with Crippen molar-refractivity contribution in [1.82, 2.24) is 19.1 Å². The molecule has 2 N–H and O–H groups in total. The van der Waals surface area contributed by atoms with Crippen molar-refractivity contribution in [2.75, 3.05) is 12.8 Å². The molecule has 2 aliphatic rings. The minimum absolute atomic E-state index is 0.0680. The smallest absolute Gasteiger partial charge is 0.332 e. The first-order valence-electron chi connectivity index (χ1n) is 11.1. The predicted octanol–water partition coefficient (Wildman–Crippen LogP) is 1.15. The molecule has 0 radical (unpaired) electrons. The van der Waals surface area contributed by atoms with Gasteiger partial charge in [0.2, 0.25) is 11.8 Å². The zero-order valence-electron chi connectivity index (χ0n) is 19.1. The van der Waals surface area contributed by atoms with E-state index in [0.29, 0.717) is 24.4 Å². The largest absolute Gasteiger partial charge is 0.479 e. The Hall–Kier alpha value is -3.15. The van der Waals surface area contributed by atoms with E-state index in [1.54, 1.807) is 4.57 Å². The summed E-state index contributed by atoms with van der Waals surface area (Å²) in [6, 6.07) is 0. The van der Waals surface area contributed by atoms with Crippen LogP contribution in [0.3, 0.4) is 0 Å². The van der Waals surface area contributed by atoms with Crippen LogP contribution >= 0.6 is 0 Å². The highest BCUT2D eigenvalue weighted by molar-refractivity contribution is 5.78. The van der Waals surface area contributed by atoms with Gasteiger partial charge in [0, 0.05) is 26.8 Å². The van der Waals surface area contributed by atoms with Crippen molar-refractivity contribution >= 4 is 29.1 Å². The molecule has 0 spiro atoms. The number of methoxy groups -OCH3 is 1. The molecule has 4 atom stereocenters. The van der Waals surface area contributed by atoms with Crippen molar-refractivity contribution in [3.8, 4) is 5.88 Å². The Morgan fingerprint density at radius 1 is 1.24 bits per heavy atom. The van der Waals surface area contributed by atoms with Gasteiger partial charge in [-0.3, -0.25) is 14.2 Å². The number of carbonyl (C=O) groups excluding carboxylic acids is 2. The van der Waals surface area contributed by atoms with Crippen molar-refractivity contribution in [1.29, 1.82) is 0 Å². The Balaban J connectivity index is 1.83. The number of carbonyl (C=O) groups is 2. The van der Waals surface area contributed by atoms with E-state index < -0.39 is 42.2 Å². The lowest BCUT2D eigenvalue weighted by molar-refractivity contribution is -0.158. The van der Waals surface area contributed by atoms with Crippen LogP contribution in [0.5, 0.6) is 5.88 Å². The van der Waals surface area contributed by atoms with Crippen molar-refractivity contribution in [3.05, 3.63) is 10.5 Å². The number of nitrogen functional groups attached to an aromatic ring is 1. The van der Waals surface area contributed by atoms with E-state index in [2.05, 4.69) is 9.97 Å². The maximum Gasteiger partial charge on any atom is 0.332 e. The lowest BCUT2D eigenvalue weighted by Crippen LogP contribution is -2.34. The molecule has 12 heteroatoms. The number of imidazole rings is 1. The lowest BCUT2D eigenvalue weighted by Gasteiger charge is -2.22. The molecule has 3 heterocycles. The van der Waals surface area contributed by atoms with E-state index >= 15 is 0 Å². The fourth-order valence-electron chi connectivity index (χ4n) is 4.35. The molecular formula is C21H29N5O7. The average molecular weight is 463 g/mol. The Bertz CT molecular complexity index is 1120. The van der Waals surface area contributed by atoms with Gasteiger partial charge in [0.1, 0.15) is 18.3 Å². The SMILES string of the molecule is CCC(OC(C)=O)[C@@H]1C[C@@H](OC(C)=O)[C@H](n2c(=O)n(CC3CC3)c3c(OC)nc(N)nc32)O1. The fraction of sp³-hybridized carbons (Fsp3) is 0.667. The molecule has 1 saturated carbocycles. The minimum Gasteiger partial charge on any atom is -0.479 e. The molecule has 4 rings (SSSR count). The maximum absolute atomic E-state index is 13.6. The van der Waals surface area contributed by atoms with E-state index in [1.165, 1.54) is 25.5 Å². The van der Waals surface area contributed by atoms with Gasteiger partial charge in [-0.25, -0.2) is 9.36 Å². The second-order valence-corrected chi connectivity index (χ2v) is 8.47. The number of nitrogens with two attached hydrogens (primary N) is 1. The molecule has 12 nitrogen and oxygen atoms in total. The second-order valence-electron chi connectivity index (χ2n) is 8.47. The lowest BCUT2D eigenvalue weighted by atomic mass is 10.1. The summed E-state index contributed by atoms with van der Waals surface area (Å²) in [6.07, 6.45) is -0.139. The van der Waals surface area contributed by atoms with Gasteiger partial charge in [-0.2, -0.15) is 9.97 Å². The molecule has 0 aromatic carbocycles. The quantitative estimate of drug-likeness (QED) is 0.565. The number of hydrogen-bond acceptors (Lipinski definition) is 10. The summed E-state index contributed by atoms with van der Waals surface area (Å²) in [6.45, 7) is 4.94. The Kier molecular flexibility index (Phi) is 6.28. The molecule has 33 heavy (non-hydrogen) atoms. The predicted molar refractivity (Wildman–Crippen MR) is 115 cm³/mol. The number of rotatable bonds is 8. The molecular weight excluding hydrogens is 434 g/mol. The zero-order valence-corrected chi connectivity index (χ0v) is 19.1. The molecule has 1 saturated heterocycles. The van der Waals surface area contributed by atoms with Gasteiger partial charge >= 0.3 is 17.6 Å². The van der Waals surface area contributed by atoms with Crippen LogP contribution < -0.4 is 16.2 Å². The summed E-state index contributed by atoms with van der Waals surface area (Å²) in [7, 11) is 1.44. The molecule has 1 aliphatic heterocycles. The third-order valence-corrected chi connectivity index (χ3v) is 5.92. The first-order chi connectivity index (χ1) is 15.7. The van der Waals surface area contributed by atoms with E-state index in [-0.39, 0.29) is 23.9 Å². The number of nitrogens with zero attached hydrogens (tertiary/aromatic N) is 4. The van der Waals surface area contributed by atoms with Gasteiger partial charge in [-0.1, -0.05) is 6.92 Å². The minimum atomic E-state index is -0.988. The molecule has 1 unspecified atom stereocenters. The van der Waals surface area contributed by atoms with Crippen LogP contribution in [0, 0.1) is 5.92 Å². The van der Waals surface area contributed by atoms with Crippen LogP contribution in [0.25, 0.3) is 11.2 Å². The summed E-state index contributed by atoms with van der Waals surface area (Å²) in [5.41, 5.74) is 6.14. The van der Waals surface area contributed by atoms with Crippen LogP contribution in [0.15, 0.2) is 4.79 Å². The number of esters is 2. The summed E-state index contributed by atoms with van der Waals surface area (Å²) >= 11 is 0. The van der Waals surface area contributed by atoms with Crippen LogP contribution in [0.4, 0.5) is 5.95 Å². The first-order valence-corrected chi connectivity index (χ1v) is 11.1. The summed E-state index contributed by atoms with van der Waals surface area (Å²) in [5, 5.41) is 0. The highest BCUT2D eigenvalue weighted by atomic mass is 16.6. The van der Waals surface area contributed by atoms with Crippen LogP contribution in [0.1, 0.15) is 52.7 Å². The van der Waals surface area contributed by atoms with Gasteiger partial charge in [-0.05, 0) is 25.2 Å². The molecule has 2 aromatic heterocycles. The third kappa shape index (κ3) is 4.52. The highest BCUT2D eigenvalue weighted by Crippen LogP contribution is 2.38. The third-order valence-electron chi connectivity index (χ3n) is 5.92. The Morgan fingerprint density at radius 2 is 1.97 bits per heavy atom. The Labute approximate surface area is 190 Å². The molecule has 1 aliphatic carbocycles. The van der Waals surface area contributed by atoms with Gasteiger partial charge in [0.15, 0.2) is 17.4 Å². The van der Waals surface area contributed by atoms with E-state index in [0.717, 1.165) is 12.8 Å². The molecule has 180 valence electrons. The van der Waals surface area contributed by atoms with Crippen LogP contribution in [-0.2, 0) is 30.3 Å². The summed E-state index contributed by atoms with van der Waals surface area (Å²) < 4.78 is 25.4. The molecule has 2 fully saturated rings.